The lowest BCUT2D eigenvalue weighted by molar-refractivity contribution is -0.116. The van der Waals surface area contributed by atoms with Crippen molar-refractivity contribution < 1.29 is 17.9 Å². The van der Waals surface area contributed by atoms with E-state index >= 15 is 0 Å². The number of carbonyl (C=O) groups is 1. The summed E-state index contributed by atoms with van der Waals surface area (Å²) in [6, 6.07) is 7.75. The Morgan fingerprint density at radius 1 is 1.25 bits per heavy atom. The first-order chi connectivity index (χ1) is 11.4. The van der Waals surface area contributed by atoms with Crippen molar-refractivity contribution >= 4 is 21.7 Å². The molecule has 0 aliphatic heterocycles. The summed E-state index contributed by atoms with van der Waals surface area (Å²) in [5.74, 6) is 0.714. The number of amides is 1. The molecular weight excluding hydrogens is 332 g/mol. The van der Waals surface area contributed by atoms with Crippen molar-refractivity contribution in [2.75, 3.05) is 18.5 Å². The molecule has 0 aliphatic rings. The Morgan fingerprint density at radius 2 is 1.96 bits per heavy atom. The maximum absolute atomic E-state index is 12.1. The number of aryl methyl sites for hydroxylation is 1. The molecule has 1 heterocycles. The van der Waals surface area contributed by atoms with Gasteiger partial charge in [0.25, 0.3) is 0 Å². The van der Waals surface area contributed by atoms with Crippen molar-refractivity contribution in [2.24, 2.45) is 7.05 Å². The van der Waals surface area contributed by atoms with Gasteiger partial charge in [0.2, 0.25) is 15.9 Å². The van der Waals surface area contributed by atoms with Crippen LogP contribution in [0.4, 0.5) is 5.82 Å². The predicted molar refractivity (Wildman–Crippen MR) is 89.3 cm³/mol. The molecule has 0 atom stereocenters. The Kier molecular flexibility index (Phi) is 5.93. The zero-order valence-corrected chi connectivity index (χ0v) is 14.3. The molecule has 1 amide bonds. The summed E-state index contributed by atoms with van der Waals surface area (Å²) >= 11 is 0. The standard InChI is InChI=1S/C15H20N4O4S/c1-3-23-12-4-6-13(7-5-12)24(21,22)16-10-8-15(20)17-14-9-11-19(2)18-14/h4-7,9,11,16H,3,8,10H2,1-2H3,(H,17,18,20). The van der Waals surface area contributed by atoms with Crippen LogP contribution < -0.4 is 14.8 Å². The number of nitrogens with zero attached hydrogens (tertiary/aromatic N) is 2. The van der Waals surface area contributed by atoms with Gasteiger partial charge in [-0.3, -0.25) is 9.48 Å². The number of nitrogens with one attached hydrogen (secondary N) is 2. The topological polar surface area (TPSA) is 102 Å². The monoisotopic (exact) mass is 352 g/mol. The zero-order valence-electron chi connectivity index (χ0n) is 13.5. The summed E-state index contributed by atoms with van der Waals surface area (Å²) in [6.07, 6.45) is 1.71. The number of carbonyl (C=O) groups excluding carboxylic acids is 1. The number of rotatable bonds is 8. The van der Waals surface area contributed by atoms with Crippen molar-refractivity contribution in [1.82, 2.24) is 14.5 Å². The van der Waals surface area contributed by atoms with Crippen LogP contribution in [0.3, 0.4) is 0 Å². The highest BCUT2D eigenvalue weighted by Crippen LogP contribution is 2.15. The Bertz CT molecular complexity index is 784. The van der Waals surface area contributed by atoms with E-state index in [-0.39, 0.29) is 23.8 Å². The van der Waals surface area contributed by atoms with Gasteiger partial charge >= 0.3 is 0 Å². The highest BCUT2D eigenvalue weighted by atomic mass is 32.2. The van der Waals surface area contributed by atoms with Crippen molar-refractivity contribution in [2.45, 2.75) is 18.2 Å². The van der Waals surface area contributed by atoms with Gasteiger partial charge in [-0.25, -0.2) is 13.1 Å². The number of hydrogen-bond acceptors (Lipinski definition) is 5. The largest absolute Gasteiger partial charge is 0.494 e. The Morgan fingerprint density at radius 3 is 2.54 bits per heavy atom. The maximum Gasteiger partial charge on any atom is 0.240 e. The smallest absolute Gasteiger partial charge is 0.240 e. The number of hydrogen-bond donors (Lipinski definition) is 2. The van der Waals surface area contributed by atoms with Gasteiger partial charge < -0.3 is 10.1 Å². The fourth-order valence-electron chi connectivity index (χ4n) is 1.95. The number of benzene rings is 1. The summed E-state index contributed by atoms with van der Waals surface area (Å²) in [5.41, 5.74) is 0. The second-order valence-electron chi connectivity index (χ2n) is 4.98. The van der Waals surface area contributed by atoms with E-state index in [0.717, 1.165) is 0 Å². The SMILES string of the molecule is CCOc1ccc(S(=O)(=O)NCCC(=O)Nc2ccn(C)n2)cc1. The van der Waals surface area contributed by atoms with Crippen LogP contribution in [-0.2, 0) is 21.9 Å². The number of aromatic nitrogens is 2. The molecule has 9 heteroatoms. The molecule has 0 saturated carbocycles. The van der Waals surface area contributed by atoms with Crippen LogP contribution >= 0.6 is 0 Å². The highest BCUT2D eigenvalue weighted by molar-refractivity contribution is 7.89. The predicted octanol–water partition coefficient (Wildman–Crippen LogP) is 1.13. The highest BCUT2D eigenvalue weighted by Gasteiger charge is 2.14. The third-order valence-electron chi connectivity index (χ3n) is 3.07. The van der Waals surface area contributed by atoms with Gasteiger partial charge in [0.05, 0.1) is 11.5 Å². The van der Waals surface area contributed by atoms with Crippen LogP contribution in [0, 0.1) is 0 Å². The van der Waals surface area contributed by atoms with Crippen LogP contribution in [0.2, 0.25) is 0 Å². The van der Waals surface area contributed by atoms with E-state index in [1.54, 1.807) is 36.1 Å². The zero-order chi connectivity index (χ0) is 17.6. The van der Waals surface area contributed by atoms with Gasteiger partial charge in [-0.1, -0.05) is 0 Å². The van der Waals surface area contributed by atoms with Crippen LogP contribution in [0.1, 0.15) is 13.3 Å². The average Bonchev–Trinajstić information content (AvgIpc) is 2.93. The molecule has 0 spiro atoms. The Hall–Kier alpha value is -2.39. The number of sulfonamides is 1. The first-order valence-corrected chi connectivity index (χ1v) is 8.91. The molecule has 0 saturated heterocycles. The van der Waals surface area contributed by atoms with E-state index in [1.165, 1.54) is 12.1 Å². The lowest BCUT2D eigenvalue weighted by Crippen LogP contribution is -2.27. The molecule has 0 unspecified atom stereocenters. The van der Waals surface area contributed by atoms with E-state index in [2.05, 4.69) is 15.1 Å². The van der Waals surface area contributed by atoms with E-state index in [4.69, 9.17) is 4.74 Å². The van der Waals surface area contributed by atoms with Crippen LogP contribution in [0.5, 0.6) is 5.75 Å². The van der Waals surface area contributed by atoms with Crippen LogP contribution in [0.15, 0.2) is 41.4 Å². The molecule has 8 nitrogen and oxygen atoms in total. The van der Waals surface area contributed by atoms with E-state index < -0.39 is 10.0 Å². The third kappa shape index (κ3) is 5.07. The van der Waals surface area contributed by atoms with E-state index in [0.29, 0.717) is 18.2 Å². The first-order valence-electron chi connectivity index (χ1n) is 7.43. The second kappa shape index (κ2) is 7.93. The minimum atomic E-state index is -3.66. The number of ether oxygens (including phenoxy) is 1. The molecule has 0 fully saturated rings. The number of anilines is 1. The summed E-state index contributed by atoms with van der Waals surface area (Å²) in [6.45, 7) is 2.35. The lowest BCUT2D eigenvalue weighted by atomic mass is 10.3. The Balaban J connectivity index is 1.84. The fourth-order valence-corrected chi connectivity index (χ4v) is 2.98. The van der Waals surface area contributed by atoms with Crippen LogP contribution in [0.25, 0.3) is 0 Å². The molecule has 0 bridgehead atoms. The van der Waals surface area contributed by atoms with Gasteiger partial charge in [0.15, 0.2) is 5.82 Å². The van der Waals surface area contributed by atoms with Gasteiger partial charge in [0, 0.05) is 32.3 Å². The molecule has 2 N–H and O–H groups in total. The average molecular weight is 352 g/mol. The normalized spacial score (nSPS) is 11.2. The van der Waals surface area contributed by atoms with Gasteiger partial charge in [0.1, 0.15) is 5.75 Å². The van der Waals surface area contributed by atoms with Gasteiger partial charge in [-0.2, -0.15) is 5.10 Å². The molecule has 130 valence electrons. The fraction of sp³-hybridized carbons (Fsp3) is 0.333. The summed E-state index contributed by atoms with van der Waals surface area (Å²) in [4.78, 5) is 11.9. The Labute approximate surface area is 140 Å². The molecule has 24 heavy (non-hydrogen) atoms. The second-order valence-corrected chi connectivity index (χ2v) is 6.74. The molecule has 1 aromatic carbocycles. The molecule has 2 rings (SSSR count). The molecule has 0 radical (unpaired) electrons. The van der Waals surface area contributed by atoms with Crippen LogP contribution in [-0.4, -0.2) is 37.3 Å². The molecular formula is C15H20N4O4S. The first kappa shape index (κ1) is 18.0. The molecule has 1 aromatic heterocycles. The van der Waals surface area contributed by atoms with Crippen molar-refractivity contribution in [3.05, 3.63) is 36.5 Å². The van der Waals surface area contributed by atoms with E-state index in [9.17, 15) is 13.2 Å². The van der Waals surface area contributed by atoms with Gasteiger partial charge in [-0.15, -0.1) is 0 Å². The summed E-state index contributed by atoms with van der Waals surface area (Å²) in [5, 5.41) is 6.60. The van der Waals surface area contributed by atoms with Crippen molar-refractivity contribution in [3.63, 3.8) is 0 Å². The summed E-state index contributed by atoms with van der Waals surface area (Å²) < 4.78 is 33.5. The molecule has 0 aliphatic carbocycles. The molecule has 2 aromatic rings. The quantitative estimate of drug-likeness (QED) is 0.741. The maximum atomic E-state index is 12.1. The summed E-state index contributed by atoms with van der Waals surface area (Å²) in [7, 11) is -1.92. The third-order valence-corrected chi connectivity index (χ3v) is 4.55. The minimum absolute atomic E-state index is 0.00574. The van der Waals surface area contributed by atoms with Crippen molar-refractivity contribution in [3.8, 4) is 5.75 Å². The van der Waals surface area contributed by atoms with Gasteiger partial charge in [-0.05, 0) is 31.2 Å². The van der Waals surface area contributed by atoms with E-state index in [1.807, 2.05) is 6.92 Å². The minimum Gasteiger partial charge on any atom is -0.494 e. The van der Waals surface area contributed by atoms with Crippen molar-refractivity contribution in [1.29, 1.82) is 0 Å². The lowest BCUT2D eigenvalue weighted by Gasteiger charge is -2.08.